The zero-order chi connectivity index (χ0) is 32.1. The Morgan fingerprint density at radius 2 is 1.66 bits per heavy atom. The van der Waals surface area contributed by atoms with E-state index in [-0.39, 0.29) is 53.7 Å². The van der Waals surface area contributed by atoms with Crippen LogP contribution in [0.5, 0.6) is 0 Å². The summed E-state index contributed by atoms with van der Waals surface area (Å²) >= 11 is 0. The molecule has 0 aromatic heterocycles. The number of benzene rings is 1. The Hall–Kier alpha value is -3.20. The van der Waals surface area contributed by atoms with Crippen LogP contribution in [0.1, 0.15) is 90.4 Å². The van der Waals surface area contributed by atoms with Gasteiger partial charge in [0.2, 0.25) is 17.7 Å². The monoisotopic (exact) mass is 608 g/mol. The fourth-order valence-corrected chi connectivity index (χ4v) is 6.96. The van der Waals surface area contributed by atoms with E-state index in [1.807, 2.05) is 59.0 Å². The number of hydrogen-bond donors (Lipinski definition) is 1. The normalized spacial score (nSPS) is 23.8. The second kappa shape index (κ2) is 14.7. The molecule has 44 heavy (non-hydrogen) atoms. The number of nitrogens with zero attached hydrogens (tertiary/aromatic N) is 3. The molecular weight excluding hydrogens is 556 g/mol. The average Bonchev–Trinajstić information content (AvgIpc) is 3.65. The highest BCUT2D eigenvalue weighted by Crippen LogP contribution is 2.35. The Morgan fingerprint density at radius 3 is 2.34 bits per heavy atom. The summed E-state index contributed by atoms with van der Waals surface area (Å²) in [5.41, 5.74) is 2.76. The smallest absolute Gasteiger partial charge is 0.329 e. The molecule has 3 amide bonds. The molecule has 9 nitrogen and oxygen atoms in total. The second-order valence-corrected chi connectivity index (χ2v) is 13.6. The average molecular weight is 609 g/mol. The molecule has 1 aromatic rings. The van der Waals surface area contributed by atoms with Crippen LogP contribution >= 0.6 is 0 Å². The number of carbonyl (C=O) groups is 4. The van der Waals surface area contributed by atoms with Crippen molar-refractivity contribution in [3.8, 4) is 0 Å². The summed E-state index contributed by atoms with van der Waals surface area (Å²) in [7, 11) is 3.70. The molecule has 2 saturated heterocycles. The van der Waals surface area contributed by atoms with E-state index in [0.717, 1.165) is 50.6 Å². The van der Waals surface area contributed by atoms with Crippen molar-refractivity contribution in [1.82, 2.24) is 20.0 Å². The van der Waals surface area contributed by atoms with E-state index in [9.17, 15) is 19.2 Å². The van der Waals surface area contributed by atoms with Gasteiger partial charge in [0.15, 0.2) is 0 Å². The SMILES string of the molecule is C/C(=C\[C@H](C(C)C)N(C)C(=O)C(NC(=O)[C@H]1CCCCN1C)C(C)C)C(=O)N1CCCC1C(=O)O[C@H]1CCc2ccccc21. The van der Waals surface area contributed by atoms with E-state index in [4.69, 9.17) is 4.74 Å². The second-order valence-electron chi connectivity index (χ2n) is 13.6. The fraction of sp³-hybridized carbons (Fsp3) is 0.657. The van der Waals surface area contributed by atoms with Crippen LogP contribution in [0, 0.1) is 11.8 Å². The minimum atomic E-state index is -0.674. The summed E-state index contributed by atoms with van der Waals surface area (Å²) in [6.07, 6.45) is 7.38. The largest absolute Gasteiger partial charge is 0.456 e. The van der Waals surface area contributed by atoms with Crippen LogP contribution in [0.4, 0.5) is 0 Å². The van der Waals surface area contributed by atoms with Crippen LogP contribution in [0.2, 0.25) is 0 Å². The number of rotatable bonds is 10. The van der Waals surface area contributed by atoms with Crippen LogP contribution < -0.4 is 5.32 Å². The van der Waals surface area contributed by atoms with Crippen molar-refractivity contribution in [3.63, 3.8) is 0 Å². The highest BCUT2D eigenvalue weighted by atomic mass is 16.5. The molecule has 1 N–H and O–H groups in total. The number of fused-ring (bicyclic) bond motifs is 1. The van der Waals surface area contributed by atoms with Gasteiger partial charge in [0.25, 0.3) is 0 Å². The summed E-state index contributed by atoms with van der Waals surface area (Å²) in [5.74, 6) is -0.939. The Balaban J connectivity index is 1.44. The number of hydrogen-bond acceptors (Lipinski definition) is 6. The zero-order valence-corrected chi connectivity index (χ0v) is 27.7. The van der Waals surface area contributed by atoms with Crippen LogP contribution in [0.25, 0.3) is 0 Å². The van der Waals surface area contributed by atoms with Gasteiger partial charge < -0.3 is 19.9 Å². The van der Waals surface area contributed by atoms with Crippen molar-refractivity contribution in [2.75, 3.05) is 27.2 Å². The maximum absolute atomic E-state index is 13.8. The highest BCUT2D eigenvalue weighted by Gasteiger charge is 2.39. The van der Waals surface area contributed by atoms with Gasteiger partial charge in [-0.25, -0.2) is 4.79 Å². The van der Waals surface area contributed by atoms with Crippen molar-refractivity contribution in [1.29, 1.82) is 0 Å². The van der Waals surface area contributed by atoms with Gasteiger partial charge in [-0.1, -0.05) is 64.5 Å². The van der Waals surface area contributed by atoms with Crippen molar-refractivity contribution in [2.24, 2.45) is 11.8 Å². The van der Waals surface area contributed by atoms with Gasteiger partial charge in [0.05, 0.1) is 12.1 Å². The van der Waals surface area contributed by atoms with Gasteiger partial charge in [-0.15, -0.1) is 0 Å². The Bertz CT molecular complexity index is 1240. The molecule has 2 fully saturated rings. The van der Waals surface area contributed by atoms with Gasteiger partial charge in [-0.3, -0.25) is 19.3 Å². The molecule has 1 aliphatic carbocycles. The number of carbonyl (C=O) groups excluding carboxylic acids is 4. The number of likely N-dealkylation sites (N-methyl/N-ethyl adjacent to an activating group) is 2. The van der Waals surface area contributed by atoms with E-state index in [1.165, 1.54) is 5.56 Å². The third-order valence-electron chi connectivity index (χ3n) is 9.66. The molecule has 242 valence electrons. The predicted molar refractivity (Wildman–Crippen MR) is 171 cm³/mol. The third-order valence-corrected chi connectivity index (χ3v) is 9.66. The molecule has 4 rings (SSSR count). The molecule has 2 heterocycles. The summed E-state index contributed by atoms with van der Waals surface area (Å²) in [6.45, 7) is 11.0. The first-order chi connectivity index (χ1) is 20.9. The Labute approximate surface area is 263 Å². The molecule has 0 spiro atoms. The van der Waals surface area contributed by atoms with Gasteiger partial charge in [0, 0.05) is 19.2 Å². The van der Waals surface area contributed by atoms with E-state index in [0.29, 0.717) is 18.5 Å². The lowest BCUT2D eigenvalue weighted by molar-refractivity contribution is -0.157. The molecule has 0 saturated carbocycles. The quantitative estimate of drug-likeness (QED) is 0.315. The summed E-state index contributed by atoms with van der Waals surface area (Å²) < 4.78 is 5.96. The number of likely N-dealkylation sites (tertiary alicyclic amines) is 2. The molecular formula is C35H52N4O5. The number of ether oxygens (including phenoxy) is 1. The minimum Gasteiger partial charge on any atom is -0.456 e. The first-order valence-corrected chi connectivity index (χ1v) is 16.5. The summed E-state index contributed by atoms with van der Waals surface area (Å²) in [5, 5.41) is 3.05. The summed E-state index contributed by atoms with van der Waals surface area (Å²) in [4.78, 5) is 59.4. The van der Waals surface area contributed by atoms with E-state index >= 15 is 0 Å². The first kappa shape index (κ1) is 33.7. The molecule has 1 aromatic carbocycles. The molecule has 9 heteroatoms. The lowest BCUT2D eigenvalue weighted by Crippen LogP contribution is -2.57. The molecule has 0 bridgehead atoms. The lowest BCUT2D eigenvalue weighted by atomic mass is 9.96. The topological polar surface area (TPSA) is 99.3 Å². The number of aryl methyl sites for hydroxylation is 1. The molecule has 0 radical (unpaired) electrons. The van der Waals surface area contributed by atoms with Crippen LogP contribution in [-0.2, 0) is 30.3 Å². The lowest BCUT2D eigenvalue weighted by Gasteiger charge is -2.36. The van der Waals surface area contributed by atoms with Crippen molar-refractivity contribution < 1.29 is 23.9 Å². The van der Waals surface area contributed by atoms with Gasteiger partial charge in [0.1, 0.15) is 18.2 Å². The molecule has 5 atom stereocenters. The predicted octanol–water partition coefficient (Wildman–Crippen LogP) is 4.26. The molecule has 2 unspecified atom stereocenters. The van der Waals surface area contributed by atoms with Crippen LogP contribution in [0.15, 0.2) is 35.9 Å². The van der Waals surface area contributed by atoms with Crippen molar-refractivity contribution in [3.05, 3.63) is 47.0 Å². The van der Waals surface area contributed by atoms with Crippen molar-refractivity contribution in [2.45, 2.75) is 110 Å². The zero-order valence-electron chi connectivity index (χ0n) is 27.7. The van der Waals surface area contributed by atoms with E-state index < -0.39 is 12.1 Å². The van der Waals surface area contributed by atoms with Crippen molar-refractivity contribution >= 4 is 23.7 Å². The number of esters is 1. The first-order valence-electron chi connectivity index (χ1n) is 16.5. The number of piperidine rings is 1. The van der Waals surface area contributed by atoms with Crippen LogP contribution in [0.3, 0.4) is 0 Å². The van der Waals surface area contributed by atoms with E-state index in [1.54, 1.807) is 23.8 Å². The highest BCUT2D eigenvalue weighted by molar-refractivity contribution is 5.96. The van der Waals surface area contributed by atoms with Gasteiger partial charge in [-0.2, -0.15) is 0 Å². The maximum Gasteiger partial charge on any atom is 0.329 e. The standard InChI is InChI=1S/C35H52N4O5/c1-22(2)29(38(7)34(42)31(23(3)4)36-32(40)27-15-10-11-19-37(27)6)21-24(5)33(41)39-20-12-16-28(39)35(43)44-30-18-17-25-13-8-9-14-26(25)30/h8-9,13-14,21-23,27-31H,10-12,15-20H2,1-7H3,(H,36,40)/b24-21+/t27-,28?,29-,30+,31?/m1/s1. The molecule has 3 aliphatic rings. The molecule has 2 aliphatic heterocycles. The number of amides is 3. The van der Waals surface area contributed by atoms with Crippen LogP contribution in [-0.4, -0.2) is 89.7 Å². The van der Waals surface area contributed by atoms with Gasteiger partial charge >= 0.3 is 5.97 Å². The Kier molecular flexibility index (Phi) is 11.3. The minimum absolute atomic E-state index is 0.0152. The van der Waals surface area contributed by atoms with E-state index in [2.05, 4.69) is 16.3 Å². The van der Waals surface area contributed by atoms with Gasteiger partial charge in [-0.05, 0) is 82.0 Å². The maximum atomic E-state index is 13.8. The number of nitrogens with one attached hydrogen (secondary N) is 1. The fourth-order valence-electron chi connectivity index (χ4n) is 6.96. The third kappa shape index (κ3) is 7.53. The Morgan fingerprint density at radius 1 is 0.955 bits per heavy atom. The summed E-state index contributed by atoms with van der Waals surface area (Å²) in [6, 6.07) is 6.16.